The summed E-state index contributed by atoms with van der Waals surface area (Å²) in [4.78, 5) is 16.8. The summed E-state index contributed by atoms with van der Waals surface area (Å²) >= 11 is 0. The Morgan fingerprint density at radius 3 is 2.49 bits per heavy atom. The standard InChI is InChI=1S/C27H26N6O2/c1-18-8-7-11-20(16-18)21(28)17-26(34)35-24-13-6-5-12-23(24)30-27(29)31-25-15-14-22(32-33-25)19-9-3-2-4-10-19/h2-16,21H,17,28H2,1H3,(H3,29,30,31,33). The molecule has 4 rings (SSSR count). The molecule has 1 heterocycles. The van der Waals surface area contributed by atoms with Gasteiger partial charge in [-0.2, -0.15) is 4.99 Å². The van der Waals surface area contributed by atoms with E-state index in [9.17, 15) is 4.79 Å². The number of aliphatic imine (C=N–C) groups is 1. The number of hydrogen-bond acceptors (Lipinski definition) is 6. The highest BCUT2D eigenvalue weighted by Gasteiger charge is 2.15. The van der Waals surface area contributed by atoms with E-state index in [1.54, 1.807) is 30.3 Å². The van der Waals surface area contributed by atoms with Gasteiger partial charge in [0, 0.05) is 11.6 Å². The Morgan fingerprint density at radius 1 is 0.971 bits per heavy atom. The largest absolute Gasteiger partial charge is 0.424 e. The summed E-state index contributed by atoms with van der Waals surface area (Å²) in [7, 11) is 0. The zero-order valence-electron chi connectivity index (χ0n) is 19.3. The molecule has 3 aromatic carbocycles. The number of carbonyl (C=O) groups excluding carboxylic acids is 1. The molecule has 0 spiro atoms. The first kappa shape index (κ1) is 23.6. The first-order chi connectivity index (χ1) is 17.0. The highest BCUT2D eigenvalue weighted by molar-refractivity contribution is 5.95. The number of rotatable bonds is 7. The van der Waals surface area contributed by atoms with Crippen molar-refractivity contribution >= 4 is 23.4 Å². The minimum atomic E-state index is -0.466. The summed E-state index contributed by atoms with van der Waals surface area (Å²) < 4.78 is 5.56. The Bertz CT molecular complexity index is 1320. The lowest BCUT2D eigenvalue weighted by Gasteiger charge is -2.14. The van der Waals surface area contributed by atoms with E-state index in [1.807, 2.05) is 67.6 Å². The SMILES string of the molecule is Cc1cccc(C(N)CC(=O)Oc2ccccc2NC(N)=Nc2ccc(-c3ccccc3)nn2)c1. The zero-order valence-corrected chi connectivity index (χ0v) is 19.3. The fourth-order valence-corrected chi connectivity index (χ4v) is 3.46. The van der Waals surface area contributed by atoms with E-state index in [2.05, 4.69) is 20.5 Å². The first-order valence-electron chi connectivity index (χ1n) is 11.1. The van der Waals surface area contributed by atoms with E-state index in [1.165, 1.54) is 0 Å². The van der Waals surface area contributed by atoms with E-state index < -0.39 is 12.0 Å². The summed E-state index contributed by atoms with van der Waals surface area (Å²) in [5.41, 5.74) is 16.4. The summed E-state index contributed by atoms with van der Waals surface area (Å²) in [6.45, 7) is 1.98. The molecule has 0 bridgehead atoms. The van der Waals surface area contributed by atoms with Crippen LogP contribution in [0.1, 0.15) is 23.6 Å². The predicted molar refractivity (Wildman–Crippen MR) is 137 cm³/mol. The average Bonchev–Trinajstić information content (AvgIpc) is 2.86. The number of hydrogen-bond donors (Lipinski definition) is 3. The average molecular weight is 467 g/mol. The molecule has 176 valence electrons. The summed E-state index contributed by atoms with van der Waals surface area (Å²) in [5, 5.41) is 11.3. The van der Waals surface area contributed by atoms with Gasteiger partial charge in [-0.05, 0) is 36.8 Å². The number of aryl methyl sites for hydroxylation is 1. The second kappa shape index (κ2) is 11.0. The number of benzene rings is 3. The van der Waals surface area contributed by atoms with E-state index in [0.717, 1.165) is 22.4 Å². The van der Waals surface area contributed by atoms with Crippen LogP contribution in [0.2, 0.25) is 0 Å². The predicted octanol–water partition coefficient (Wildman–Crippen LogP) is 4.51. The van der Waals surface area contributed by atoms with Gasteiger partial charge in [-0.25, -0.2) is 0 Å². The van der Waals surface area contributed by atoms with Crippen LogP contribution in [-0.2, 0) is 4.79 Å². The minimum Gasteiger partial charge on any atom is -0.424 e. The van der Waals surface area contributed by atoms with Gasteiger partial charge in [0.25, 0.3) is 0 Å². The minimum absolute atomic E-state index is 0.0325. The van der Waals surface area contributed by atoms with E-state index >= 15 is 0 Å². The molecule has 8 nitrogen and oxygen atoms in total. The van der Waals surface area contributed by atoms with Gasteiger partial charge in [0.1, 0.15) is 0 Å². The number of carbonyl (C=O) groups is 1. The van der Waals surface area contributed by atoms with Crippen LogP contribution in [0.3, 0.4) is 0 Å². The van der Waals surface area contributed by atoms with Crippen molar-refractivity contribution in [1.29, 1.82) is 0 Å². The molecule has 0 fully saturated rings. The quantitative estimate of drug-likeness (QED) is 0.158. The molecular formula is C27H26N6O2. The number of aromatic nitrogens is 2. The molecule has 5 N–H and O–H groups in total. The van der Waals surface area contributed by atoms with Gasteiger partial charge in [-0.3, -0.25) is 4.79 Å². The number of ether oxygens (including phenoxy) is 1. The fraction of sp³-hybridized carbons (Fsp3) is 0.111. The van der Waals surface area contributed by atoms with Crippen LogP contribution in [0.15, 0.2) is 96.0 Å². The molecule has 8 heteroatoms. The van der Waals surface area contributed by atoms with Gasteiger partial charge >= 0.3 is 5.97 Å². The van der Waals surface area contributed by atoms with Crippen molar-refractivity contribution in [1.82, 2.24) is 10.2 Å². The molecule has 35 heavy (non-hydrogen) atoms. The molecule has 0 radical (unpaired) electrons. The second-order valence-electron chi connectivity index (χ2n) is 7.96. The van der Waals surface area contributed by atoms with Crippen molar-refractivity contribution in [2.45, 2.75) is 19.4 Å². The van der Waals surface area contributed by atoms with E-state index in [0.29, 0.717) is 17.3 Å². The van der Waals surface area contributed by atoms with E-state index in [4.69, 9.17) is 16.2 Å². The zero-order chi connectivity index (χ0) is 24.6. The Labute approximate surface area is 203 Å². The lowest BCUT2D eigenvalue weighted by atomic mass is 10.0. The molecule has 1 unspecified atom stereocenters. The monoisotopic (exact) mass is 466 g/mol. The summed E-state index contributed by atoms with van der Waals surface area (Å²) in [6.07, 6.45) is 0.0325. The topological polar surface area (TPSA) is 129 Å². The highest BCUT2D eigenvalue weighted by atomic mass is 16.5. The van der Waals surface area contributed by atoms with Crippen LogP contribution in [0.4, 0.5) is 11.5 Å². The molecule has 0 aliphatic heterocycles. The number of esters is 1. The number of guanidine groups is 1. The third-order valence-corrected chi connectivity index (χ3v) is 5.19. The molecule has 4 aromatic rings. The van der Waals surface area contributed by atoms with Gasteiger partial charge in [-0.1, -0.05) is 72.3 Å². The molecule has 0 aliphatic rings. The molecule has 1 atom stereocenters. The highest BCUT2D eigenvalue weighted by Crippen LogP contribution is 2.25. The van der Waals surface area contributed by atoms with Crippen molar-refractivity contribution in [3.63, 3.8) is 0 Å². The summed E-state index contributed by atoms with van der Waals surface area (Å²) in [6, 6.07) is 27.5. The molecule has 0 saturated carbocycles. The Kier molecular flexibility index (Phi) is 7.44. The molecule has 0 aliphatic carbocycles. The number of nitrogens with zero attached hydrogens (tertiary/aromatic N) is 3. The lowest BCUT2D eigenvalue weighted by molar-refractivity contribution is -0.134. The number of nitrogens with two attached hydrogens (primary N) is 2. The maximum absolute atomic E-state index is 12.5. The van der Waals surface area contributed by atoms with E-state index in [-0.39, 0.29) is 12.4 Å². The second-order valence-corrected chi connectivity index (χ2v) is 7.96. The van der Waals surface area contributed by atoms with Gasteiger partial charge in [0.15, 0.2) is 17.5 Å². The molecule has 0 amide bonds. The van der Waals surface area contributed by atoms with Crippen molar-refractivity contribution in [2.75, 3.05) is 5.32 Å². The summed E-state index contributed by atoms with van der Waals surface area (Å²) in [5.74, 6) is 0.281. The number of anilines is 1. The normalized spacial score (nSPS) is 12.1. The lowest BCUT2D eigenvalue weighted by Crippen LogP contribution is -2.23. The molecule has 0 saturated heterocycles. The van der Waals surface area contributed by atoms with Gasteiger partial charge in [-0.15, -0.1) is 10.2 Å². The first-order valence-corrected chi connectivity index (χ1v) is 11.1. The Morgan fingerprint density at radius 2 is 1.74 bits per heavy atom. The fourth-order valence-electron chi connectivity index (χ4n) is 3.46. The Balaban J connectivity index is 1.41. The third kappa shape index (κ3) is 6.49. The molecular weight excluding hydrogens is 440 g/mol. The van der Waals surface area contributed by atoms with Crippen LogP contribution in [0.5, 0.6) is 5.75 Å². The number of para-hydroxylation sites is 2. The van der Waals surface area contributed by atoms with Crippen LogP contribution < -0.4 is 21.5 Å². The van der Waals surface area contributed by atoms with Crippen molar-refractivity contribution in [3.05, 3.63) is 102 Å². The third-order valence-electron chi connectivity index (χ3n) is 5.19. The van der Waals surface area contributed by atoms with Crippen LogP contribution >= 0.6 is 0 Å². The van der Waals surface area contributed by atoms with Crippen molar-refractivity contribution in [3.8, 4) is 17.0 Å². The van der Waals surface area contributed by atoms with Gasteiger partial charge in [0.2, 0.25) is 0 Å². The maximum Gasteiger partial charge on any atom is 0.313 e. The molecule has 1 aromatic heterocycles. The van der Waals surface area contributed by atoms with Gasteiger partial charge < -0.3 is 21.5 Å². The Hall–Kier alpha value is -4.56. The van der Waals surface area contributed by atoms with Crippen molar-refractivity contribution < 1.29 is 9.53 Å². The smallest absolute Gasteiger partial charge is 0.313 e. The number of nitrogens with one attached hydrogen (secondary N) is 1. The maximum atomic E-state index is 12.5. The van der Waals surface area contributed by atoms with Crippen molar-refractivity contribution in [2.24, 2.45) is 16.5 Å². The van der Waals surface area contributed by atoms with Crippen LogP contribution in [0.25, 0.3) is 11.3 Å². The van der Waals surface area contributed by atoms with Gasteiger partial charge in [0.05, 0.1) is 17.8 Å². The van der Waals surface area contributed by atoms with Crippen LogP contribution in [0, 0.1) is 6.92 Å². The van der Waals surface area contributed by atoms with Crippen LogP contribution in [-0.4, -0.2) is 22.1 Å².